The molecule has 0 saturated carbocycles. The summed E-state index contributed by atoms with van der Waals surface area (Å²) in [5.74, 6) is 0.802. The lowest BCUT2D eigenvalue weighted by molar-refractivity contribution is -0.124. The van der Waals surface area contributed by atoms with Crippen LogP contribution in [0.1, 0.15) is 24.8 Å². The Bertz CT molecular complexity index is 947. The Morgan fingerprint density at radius 2 is 1.76 bits per heavy atom. The van der Waals surface area contributed by atoms with Crippen molar-refractivity contribution in [1.82, 2.24) is 9.62 Å². The number of hydrogen-bond acceptors (Lipinski definition) is 5. The summed E-state index contributed by atoms with van der Waals surface area (Å²) in [5, 5.41) is 2.84. The Kier molecular flexibility index (Phi) is 6.76. The monoisotopic (exact) mass is 418 g/mol. The van der Waals surface area contributed by atoms with Gasteiger partial charge in [-0.2, -0.15) is 4.31 Å². The van der Waals surface area contributed by atoms with Gasteiger partial charge in [-0.3, -0.25) is 4.79 Å². The van der Waals surface area contributed by atoms with Gasteiger partial charge in [-0.15, -0.1) is 0 Å². The van der Waals surface area contributed by atoms with Crippen molar-refractivity contribution in [1.29, 1.82) is 0 Å². The molecular weight excluding hydrogens is 392 g/mol. The third-order valence-electron chi connectivity index (χ3n) is 4.99. The number of benzene rings is 2. The maximum atomic E-state index is 13.5. The minimum absolute atomic E-state index is 0.0513. The highest BCUT2D eigenvalue weighted by Crippen LogP contribution is 2.30. The van der Waals surface area contributed by atoms with Crippen LogP contribution in [0.25, 0.3) is 0 Å². The molecule has 1 aliphatic heterocycles. The van der Waals surface area contributed by atoms with Gasteiger partial charge < -0.3 is 14.8 Å². The number of hydrogen-bond donors (Lipinski definition) is 1. The maximum Gasteiger partial charge on any atom is 0.244 e. The largest absolute Gasteiger partial charge is 0.493 e. The van der Waals surface area contributed by atoms with Crippen LogP contribution in [0.5, 0.6) is 11.5 Å². The predicted octanol–water partition coefficient (Wildman–Crippen LogP) is 2.56. The fourth-order valence-corrected chi connectivity index (χ4v) is 5.07. The molecule has 1 fully saturated rings. The molecule has 1 atom stereocenters. The molecule has 0 aromatic heterocycles. The number of ether oxygens (including phenoxy) is 2. The smallest absolute Gasteiger partial charge is 0.244 e. The molecule has 3 rings (SSSR count). The second-order valence-corrected chi connectivity index (χ2v) is 8.75. The average molecular weight is 419 g/mol. The predicted molar refractivity (Wildman–Crippen MR) is 109 cm³/mol. The Labute approximate surface area is 171 Å². The number of amides is 1. The van der Waals surface area contributed by atoms with Gasteiger partial charge in [0.25, 0.3) is 0 Å². The van der Waals surface area contributed by atoms with Crippen molar-refractivity contribution in [3.8, 4) is 11.5 Å². The molecule has 0 spiro atoms. The lowest BCUT2D eigenvalue weighted by Crippen LogP contribution is -2.48. The van der Waals surface area contributed by atoms with E-state index in [4.69, 9.17) is 9.47 Å². The minimum atomic E-state index is -3.88. The van der Waals surface area contributed by atoms with Gasteiger partial charge in [0.05, 0.1) is 19.1 Å². The maximum absolute atomic E-state index is 13.5. The molecule has 1 heterocycles. The first-order valence-electron chi connectivity index (χ1n) is 9.53. The van der Waals surface area contributed by atoms with E-state index in [1.165, 1.54) is 11.4 Å². The second kappa shape index (κ2) is 9.28. The normalized spacial score (nSPS) is 17.5. The van der Waals surface area contributed by atoms with Crippen molar-refractivity contribution in [3.05, 3.63) is 54.1 Å². The highest BCUT2D eigenvalue weighted by Gasteiger charge is 2.36. The molecule has 1 N–H and O–H groups in total. The fraction of sp³-hybridized carbons (Fsp3) is 0.381. The molecule has 0 bridgehead atoms. The second-order valence-electron chi connectivity index (χ2n) is 6.86. The van der Waals surface area contributed by atoms with Crippen LogP contribution in [0, 0.1) is 0 Å². The van der Waals surface area contributed by atoms with Crippen molar-refractivity contribution in [2.75, 3.05) is 20.8 Å². The lowest BCUT2D eigenvalue weighted by atomic mass is 10.1. The summed E-state index contributed by atoms with van der Waals surface area (Å²) in [6, 6.07) is 12.7. The van der Waals surface area contributed by atoms with Crippen LogP contribution in [-0.4, -0.2) is 45.4 Å². The molecule has 8 heteroatoms. The van der Waals surface area contributed by atoms with E-state index in [0.717, 1.165) is 12.8 Å². The zero-order valence-corrected chi connectivity index (χ0v) is 17.4. The van der Waals surface area contributed by atoms with Crippen LogP contribution in [-0.2, 0) is 21.4 Å². The number of methoxy groups -OCH3 is 2. The highest BCUT2D eigenvalue weighted by atomic mass is 32.2. The number of carbonyl (C=O) groups excluding carboxylic acids is 1. The van der Waals surface area contributed by atoms with E-state index >= 15 is 0 Å². The topological polar surface area (TPSA) is 84.9 Å². The molecule has 29 heavy (non-hydrogen) atoms. The van der Waals surface area contributed by atoms with E-state index in [1.807, 2.05) is 0 Å². The van der Waals surface area contributed by atoms with Gasteiger partial charge in [-0.25, -0.2) is 8.42 Å². The van der Waals surface area contributed by atoms with Crippen LogP contribution in [0.3, 0.4) is 0 Å². The summed E-state index contributed by atoms with van der Waals surface area (Å²) in [5.41, 5.74) is 0.708. The van der Waals surface area contributed by atoms with Crippen LogP contribution >= 0.6 is 0 Å². The average Bonchev–Trinajstić information content (AvgIpc) is 2.96. The summed E-state index contributed by atoms with van der Waals surface area (Å²) in [6.45, 7) is 0.612. The molecule has 2 aromatic rings. The Hall–Kier alpha value is -2.58. The van der Waals surface area contributed by atoms with Crippen molar-refractivity contribution in [3.63, 3.8) is 0 Å². The van der Waals surface area contributed by atoms with E-state index in [9.17, 15) is 13.2 Å². The number of nitrogens with zero attached hydrogens (tertiary/aromatic N) is 1. The summed E-state index contributed by atoms with van der Waals surface area (Å²) in [6.07, 6.45) is 2.08. The molecular formula is C21H26N2O5S. The Morgan fingerprint density at radius 3 is 2.45 bits per heavy atom. The number of rotatable bonds is 7. The first-order chi connectivity index (χ1) is 14.0. The minimum Gasteiger partial charge on any atom is -0.493 e. The summed E-state index contributed by atoms with van der Waals surface area (Å²) >= 11 is 0. The van der Waals surface area contributed by atoms with Crippen molar-refractivity contribution < 1.29 is 22.7 Å². The lowest BCUT2D eigenvalue weighted by Gasteiger charge is -2.29. The number of nitrogens with one attached hydrogen (secondary N) is 1. The zero-order chi connectivity index (χ0) is 20.9. The van der Waals surface area contributed by atoms with E-state index in [-0.39, 0.29) is 17.3 Å². The van der Waals surface area contributed by atoms with Crippen LogP contribution in [0.2, 0.25) is 0 Å². The molecule has 1 aliphatic rings. The van der Waals surface area contributed by atoms with Gasteiger partial charge in [0.15, 0.2) is 11.5 Å². The first kappa shape index (κ1) is 21.1. The highest BCUT2D eigenvalue weighted by molar-refractivity contribution is 7.89. The standard InChI is InChI=1S/C21H26N2O5S/c1-27-19-12-11-16(14-20(19)28-2)15-23(18-10-6-7-13-22-21(18)24)29(25,26)17-8-4-3-5-9-17/h3-5,8-9,11-12,14,18H,6-7,10,13,15H2,1-2H3,(H,22,24). The molecule has 1 saturated heterocycles. The SMILES string of the molecule is COc1ccc(CN(C2CCCCNC2=O)S(=O)(=O)c2ccccc2)cc1OC. The zero-order valence-electron chi connectivity index (χ0n) is 16.6. The number of carbonyl (C=O) groups is 1. The van der Waals surface area contributed by atoms with Gasteiger partial charge in [-0.05, 0) is 49.1 Å². The van der Waals surface area contributed by atoms with Gasteiger partial charge >= 0.3 is 0 Å². The Morgan fingerprint density at radius 1 is 1.03 bits per heavy atom. The first-order valence-corrected chi connectivity index (χ1v) is 11.0. The third kappa shape index (κ3) is 4.71. The third-order valence-corrected chi connectivity index (χ3v) is 6.86. The Balaban J connectivity index is 2.02. The van der Waals surface area contributed by atoms with Crippen molar-refractivity contribution >= 4 is 15.9 Å². The van der Waals surface area contributed by atoms with E-state index in [1.54, 1.807) is 55.6 Å². The van der Waals surface area contributed by atoms with Gasteiger partial charge in [-0.1, -0.05) is 24.3 Å². The quantitative estimate of drug-likeness (QED) is 0.747. The van der Waals surface area contributed by atoms with Crippen molar-refractivity contribution in [2.45, 2.75) is 36.7 Å². The van der Waals surface area contributed by atoms with E-state index < -0.39 is 16.1 Å². The van der Waals surface area contributed by atoms with Crippen LogP contribution in [0.4, 0.5) is 0 Å². The summed E-state index contributed by atoms with van der Waals surface area (Å²) in [7, 11) is -0.815. The molecule has 1 amide bonds. The van der Waals surface area contributed by atoms with Crippen LogP contribution in [0.15, 0.2) is 53.4 Å². The van der Waals surface area contributed by atoms with Gasteiger partial charge in [0.2, 0.25) is 15.9 Å². The summed E-state index contributed by atoms with van der Waals surface area (Å²) in [4.78, 5) is 12.8. The van der Waals surface area contributed by atoms with Crippen LogP contribution < -0.4 is 14.8 Å². The number of sulfonamides is 1. The molecule has 156 valence electrons. The van der Waals surface area contributed by atoms with E-state index in [0.29, 0.717) is 30.0 Å². The van der Waals surface area contributed by atoms with Gasteiger partial charge in [0, 0.05) is 13.1 Å². The summed E-state index contributed by atoms with van der Waals surface area (Å²) < 4.78 is 38.8. The fourth-order valence-electron chi connectivity index (χ4n) is 3.45. The molecule has 0 radical (unpaired) electrons. The van der Waals surface area contributed by atoms with Crippen molar-refractivity contribution in [2.24, 2.45) is 0 Å². The van der Waals surface area contributed by atoms with Gasteiger partial charge in [0.1, 0.15) is 6.04 Å². The van der Waals surface area contributed by atoms with E-state index in [2.05, 4.69) is 5.32 Å². The molecule has 2 aromatic carbocycles. The molecule has 1 unspecified atom stereocenters. The molecule has 0 aliphatic carbocycles. The molecule has 7 nitrogen and oxygen atoms in total.